The maximum absolute atomic E-state index is 12.9. The smallest absolute Gasteiger partial charge is 0.257 e. The normalized spacial score (nSPS) is 11.1. The van der Waals surface area contributed by atoms with Gasteiger partial charge < -0.3 is 0 Å². The molecule has 0 bridgehead atoms. The summed E-state index contributed by atoms with van der Waals surface area (Å²) in [6, 6.07) is 25.3. The molecule has 162 valence electrons. The van der Waals surface area contributed by atoms with E-state index < -0.39 is 0 Å². The number of fused-ring (bicyclic) bond motifs is 1. The standard InChI is InChI=1S/C26H21N5OS/c1-16(2)25-30-31-26(33-25)29-24(32)19-13-14-20-21(15-19)28-23(18-11-7-4-8-12-18)22(27-20)17-9-5-3-6-10-17/h3-16H,1-2H3,(H,29,31,32). The molecule has 0 saturated carbocycles. The van der Waals surface area contributed by atoms with Gasteiger partial charge in [-0.2, -0.15) is 0 Å². The number of hydrogen-bond donors (Lipinski definition) is 1. The molecule has 0 radical (unpaired) electrons. The molecule has 3 aromatic carbocycles. The zero-order valence-corrected chi connectivity index (χ0v) is 19.0. The summed E-state index contributed by atoms with van der Waals surface area (Å²) in [5, 5.41) is 12.4. The van der Waals surface area contributed by atoms with Crippen molar-refractivity contribution in [2.24, 2.45) is 0 Å². The van der Waals surface area contributed by atoms with E-state index >= 15 is 0 Å². The minimum absolute atomic E-state index is 0.251. The van der Waals surface area contributed by atoms with Crippen molar-refractivity contribution in [3.63, 3.8) is 0 Å². The molecule has 0 aliphatic rings. The van der Waals surface area contributed by atoms with Crippen molar-refractivity contribution in [2.75, 3.05) is 5.32 Å². The van der Waals surface area contributed by atoms with Crippen LogP contribution < -0.4 is 5.32 Å². The third kappa shape index (κ3) is 4.36. The van der Waals surface area contributed by atoms with Crippen LogP contribution in [0.4, 0.5) is 5.13 Å². The van der Waals surface area contributed by atoms with E-state index in [1.807, 2.05) is 80.6 Å². The molecule has 0 aliphatic heterocycles. The van der Waals surface area contributed by atoms with E-state index in [1.165, 1.54) is 11.3 Å². The summed E-state index contributed by atoms with van der Waals surface area (Å²) in [5.74, 6) is 0.0119. The van der Waals surface area contributed by atoms with Gasteiger partial charge in [-0.05, 0) is 18.2 Å². The predicted octanol–water partition coefficient (Wildman–Crippen LogP) is 6.19. The second-order valence-electron chi connectivity index (χ2n) is 7.91. The lowest BCUT2D eigenvalue weighted by atomic mass is 10.0. The Bertz CT molecular complexity index is 1430. The molecule has 0 aliphatic carbocycles. The molecule has 1 amide bonds. The fourth-order valence-electron chi connectivity index (χ4n) is 3.48. The summed E-state index contributed by atoms with van der Waals surface area (Å²) in [6.45, 7) is 4.09. The van der Waals surface area contributed by atoms with Crippen molar-refractivity contribution < 1.29 is 4.79 Å². The first-order chi connectivity index (χ1) is 16.1. The quantitative estimate of drug-likeness (QED) is 0.344. The minimum Gasteiger partial charge on any atom is -0.296 e. The fourth-order valence-corrected chi connectivity index (χ4v) is 4.22. The highest BCUT2D eigenvalue weighted by atomic mass is 32.1. The Labute approximate surface area is 195 Å². The van der Waals surface area contributed by atoms with Crippen LogP contribution in [0.2, 0.25) is 0 Å². The SMILES string of the molecule is CC(C)c1nnc(NC(=O)c2ccc3nc(-c4ccccc4)c(-c4ccccc4)nc3c2)s1. The van der Waals surface area contributed by atoms with Crippen molar-refractivity contribution >= 4 is 33.4 Å². The fraction of sp³-hybridized carbons (Fsp3) is 0.115. The summed E-state index contributed by atoms with van der Waals surface area (Å²) >= 11 is 1.38. The molecular formula is C26H21N5OS. The first-order valence-electron chi connectivity index (χ1n) is 10.7. The first-order valence-corrected chi connectivity index (χ1v) is 11.5. The second kappa shape index (κ2) is 8.88. The van der Waals surface area contributed by atoms with Crippen LogP contribution in [0.5, 0.6) is 0 Å². The minimum atomic E-state index is -0.251. The van der Waals surface area contributed by atoms with E-state index in [4.69, 9.17) is 9.97 Å². The number of rotatable bonds is 5. The summed E-state index contributed by atoms with van der Waals surface area (Å²) in [7, 11) is 0. The molecule has 0 spiro atoms. The summed E-state index contributed by atoms with van der Waals surface area (Å²) in [6.07, 6.45) is 0. The predicted molar refractivity (Wildman–Crippen MR) is 132 cm³/mol. The van der Waals surface area contributed by atoms with Gasteiger partial charge in [-0.1, -0.05) is 85.8 Å². The zero-order chi connectivity index (χ0) is 22.8. The Morgan fingerprint density at radius 1 is 0.788 bits per heavy atom. The lowest BCUT2D eigenvalue weighted by Gasteiger charge is -2.11. The largest absolute Gasteiger partial charge is 0.296 e. The number of nitrogens with one attached hydrogen (secondary N) is 1. The number of carbonyl (C=O) groups excluding carboxylic acids is 1. The van der Waals surface area contributed by atoms with E-state index in [1.54, 1.807) is 12.1 Å². The van der Waals surface area contributed by atoms with Gasteiger partial charge >= 0.3 is 0 Å². The molecule has 2 heterocycles. The summed E-state index contributed by atoms with van der Waals surface area (Å²) < 4.78 is 0. The number of nitrogens with zero attached hydrogens (tertiary/aromatic N) is 4. The van der Waals surface area contributed by atoms with Crippen LogP contribution in [0.1, 0.15) is 35.1 Å². The van der Waals surface area contributed by atoms with Crippen LogP contribution in [0.15, 0.2) is 78.9 Å². The monoisotopic (exact) mass is 451 g/mol. The number of carbonyl (C=O) groups is 1. The summed E-state index contributed by atoms with van der Waals surface area (Å²) in [4.78, 5) is 22.7. The maximum Gasteiger partial charge on any atom is 0.257 e. The highest BCUT2D eigenvalue weighted by molar-refractivity contribution is 7.15. The maximum atomic E-state index is 12.9. The average molecular weight is 452 g/mol. The van der Waals surface area contributed by atoms with Crippen LogP contribution >= 0.6 is 11.3 Å². The lowest BCUT2D eigenvalue weighted by Crippen LogP contribution is -2.11. The van der Waals surface area contributed by atoms with Crippen molar-refractivity contribution in [3.8, 4) is 22.5 Å². The Morgan fingerprint density at radius 2 is 1.39 bits per heavy atom. The summed E-state index contributed by atoms with van der Waals surface area (Å²) in [5.41, 5.74) is 5.41. The van der Waals surface area contributed by atoms with Crippen LogP contribution in [-0.2, 0) is 0 Å². The third-order valence-corrected chi connectivity index (χ3v) is 6.32. The molecule has 1 N–H and O–H groups in total. The third-order valence-electron chi connectivity index (χ3n) is 5.18. The van der Waals surface area contributed by atoms with E-state index in [0.29, 0.717) is 16.2 Å². The van der Waals surface area contributed by atoms with Crippen molar-refractivity contribution in [2.45, 2.75) is 19.8 Å². The first kappa shape index (κ1) is 20.9. The zero-order valence-electron chi connectivity index (χ0n) is 18.2. The molecule has 33 heavy (non-hydrogen) atoms. The van der Waals surface area contributed by atoms with Gasteiger partial charge in [0.1, 0.15) is 5.01 Å². The van der Waals surface area contributed by atoms with Gasteiger partial charge in [-0.3, -0.25) is 10.1 Å². The molecule has 0 fully saturated rings. The van der Waals surface area contributed by atoms with Gasteiger partial charge in [-0.15, -0.1) is 10.2 Å². The molecule has 0 unspecified atom stereocenters. The number of benzene rings is 3. The van der Waals surface area contributed by atoms with Crippen LogP contribution in [-0.4, -0.2) is 26.1 Å². The number of hydrogen-bond acceptors (Lipinski definition) is 6. The van der Waals surface area contributed by atoms with Crippen molar-refractivity contribution in [1.29, 1.82) is 0 Å². The molecule has 0 atom stereocenters. The molecule has 0 saturated heterocycles. The van der Waals surface area contributed by atoms with Gasteiger partial charge in [0.05, 0.1) is 22.4 Å². The topological polar surface area (TPSA) is 80.7 Å². The van der Waals surface area contributed by atoms with Crippen molar-refractivity contribution in [3.05, 3.63) is 89.4 Å². The van der Waals surface area contributed by atoms with E-state index in [2.05, 4.69) is 15.5 Å². The highest BCUT2D eigenvalue weighted by Crippen LogP contribution is 2.31. The highest BCUT2D eigenvalue weighted by Gasteiger charge is 2.16. The van der Waals surface area contributed by atoms with Gasteiger partial charge in [-0.25, -0.2) is 9.97 Å². The van der Waals surface area contributed by atoms with Crippen LogP contribution in [0.25, 0.3) is 33.5 Å². The van der Waals surface area contributed by atoms with Crippen molar-refractivity contribution in [1.82, 2.24) is 20.2 Å². The van der Waals surface area contributed by atoms with Crippen LogP contribution in [0.3, 0.4) is 0 Å². The van der Waals surface area contributed by atoms with E-state index in [-0.39, 0.29) is 11.8 Å². The molecule has 7 heteroatoms. The number of anilines is 1. The van der Waals surface area contributed by atoms with Crippen LogP contribution in [0, 0.1) is 0 Å². The average Bonchev–Trinajstić information content (AvgIpc) is 3.33. The van der Waals surface area contributed by atoms with Gasteiger partial charge in [0.25, 0.3) is 5.91 Å². The molecule has 5 aromatic rings. The van der Waals surface area contributed by atoms with Gasteiger partial charge in [0.2, 0.25) is 5.13 Å². The van der Waals surface area contributed by atoms with Gasteiger partial charge in [0.15, 0.2) is 0 Å². The number of aromatic nitrogens is 4. The molecule has 6 nitrogen and oxygen atoms in total. The van der Waals surface area contributed by atoms with E-state index in [0.717, 1.165) is 33.0 Å². The Balaban J connectivity index is 1.55. The van der Waals surface area contributed by atoms with E-state index in [9.17, 15) is 4.79 Å². The molecule has 5 rings (SSSR count). The lowest BCUT2D eigenvalue weighted by molar-refractivity contribution is 0.102. The molecular weight excluding hydrogens is 430 g/mol. The molecule has 2 aromatic heterocycles. The second-order valence-corrected chi connectivity index (χ2v) is 8.92. The number of amides is 1. The Morgan fingerprint density at radius 3 is 1.97 bits per heavy atom. The Hall–Kier alpha value is -3.97. The Kier molecular flexibility index (Phi) is 5.62. The van der Waals surface area contributed by atoms with Gasteiger partial charge in [0, 0.05) is 22.6 Å².